The fourth-order valence-corrected chi connectivity index (χ4v) is 3.04. The van der Waals surface area contributed by atoms with Crippen LogP contribution in [0.3, 0.4) is 0 Å². The fourth-order valence-electron chi connectivity index (χ4n) is 3.04. The van der Waals surface area contributed by atoms with Crippen LogP contribution in [0.1, 0.15) is 16.1 Å². The number of esters is 1. The number of nitrogens with zero attached hydrogens (tertiary/aromatic N) is 1. The number of rotatable bonds is 5. The van der Waals surface area contributed by atoms with Gasteiger partial charge in [-0.3, -0.25) is 0 Å². The molecule has 0 radical (unpaired) electrons. The molecule has 0 fully saturated rings. The number of carbonyl (C=O) groups excluding carboxylic acids is 1. The van der Waals surface area contributed by atoms with E-state index in [1.54, 1.807) is 14.2 Å². The predicted molar refractivity (Wildman–Crippen MR) is 100 cm³/mol. The number of methoxy groups -OCH3 is 3. The van der Waals surface area contributed by atoms with E-state index in [0.717, 1.165) is 22.6 Å². The SMILES string of the molecule is COC(=O)c1cc(-c2ccccc2)n(-c2ccc(OC)c(OC)c2)c1C. The van der Waals surface area contributed by atoms with Gasteiger partial charge < -0.3 is 18.8 Å². The normalized spacial score (nSPS) is 10.5. The van der Waals surface area contributed by atoms with Crippen molar-refractivity contribution < 1.29 is 19.0 Å². The molecule has 2 aromatic carbocycles. The van der Waals surface area contributed by atoms with E-state index in [1.807, 2.05) is 66.1 Å². The summed E-state index contributed by atoms with van der Waals surface area (Å²) in [4.78, 5) is 12.2. The van der Waals surface area contributed by atoms with Crippen molar-refractivity contribution in [3.05, 3.63) is 65.9 Å². The van der Waals surface area contributed by atoms with Crippen molar-refractivity contribution in [1.82, 2.24) is 4.57 Å². The smallest absolute Gasteiger partial charge is 0.339 e. The number of hydrogen-bond acceptors (Lipinski definition) is 4. The van der Waals surface area contributed by atoms with Gasteiger partial charge in [-0.2, -0.15) is 0 Å². The molecule has 0 amide bonds. The van der Waals surface area contributed by atoms with Gasteiger partial charge in [-0.05, 0) is 30.7 Å². The molecule has 0 saturated heterocycles. The van der Waals surface area contributed by atoms with Crippen molar-refractivity contribution in [2.75, 3.05) is 21.3 Å². The van der Waals surface area contributed by atoms with Crippen LogP contribution in [-0.2, 0) is 4.74 Å². The van der Waals surface area contributed by atoms with Crippen LogP contribution in [0.4, 0.5) is 0 Å². The van der Waals surface area contributed by atoms with E-state index < -0.39 is 0 Å². The highest BCUT2D eigenvalue weighted by Crippen LogP contribution is 2.34. The van der Waals surface area contributed by atoms with Crippen LogP contribution >= 0.6 is 0 Å². The van der Waals surface area contributed by atoms with Gasteiger partial charge in [-0.1, -0.05) is 30.3 Å². The Kier molecular flexibility index (Phi) is 4.98. The lowest BCUT2D eigenvalue weighted by molar-refractivity contribution is 0.0600. The Morgan fingerprint density at radius 2 is 1.58 bits per heavy atom. The summed E-state index contributed by atoms with van der Waals surface area (Å²) in [6.07, 6.45) is 0. The van der Waals surface area contributed by atoms with Crippen LogP contribution in [-0.4, -0.2) is 31.9 Å². The molecule has 0 bridgehead atoms. The standard InChI is InChI=1S/C21H21NO4/c1-14-17(21(23)26-4)13-18(15-8-6-5-7-9-15)22(14)16-10-11-19(24-2)20(12-16)25-3/h5-13H,1-4H3. The molecule has 5 heteroatoms. The molecule has 0 aliphatic rings. The van der Waals surface area contributed by atoms with Crippen LogP contribution in [0.15, 0.2) is 54.6 Å². The van der Waals surface area contributed by atoms with Gasteiger partial charge in [-0.15, -0.1) is 0 Å². The third kappa shape index (κ3) is 3.04. The molecule has 0 atom stereocenters. The Balaban J connectivity index is 2.26. The van der Waals surface area contributed by atoms with Crippen LogP contribution in [0.2, 0.25) is 0 Å². The summed E-state index contributed by atoms with van der Waals surface area (Å²) in [7, 11) is 4.59. The second-order valence-electron chi connectivity index (χ2n) is 5.76. The maximum atomic E-state index is 12.2. The zero-order valence-electron chi connectivity index (χ0n) is 15.3. The summed E-state index contributed by atoms with van der Waals surface area (Å²) < 4.78 is 17.7. The summed E-state index contributed by atoms with van der Waals surface area (Å²) in [5, 5.41) is 0. The first-order valence-corrected chi connectivity index (χ1v) is 8.19. The lowest BCUT2D eigenvalue weighted by atomic mass is 10.1. The number of ether oxygens (including phenoxy) is 3. The van der Waals surface area contributed by atoms with Crippen LogP contribution in [0.25, 0.3) is 16.9 Å². The van der Waals surface area contributed by atoms with Crippen LogP contribution < -0.4 is 9.47 Å². The first-order chi connectivity index (χ1) is 12.6. The van der Waals surface area contributed by atoms with Gasteiger partial charge in [0, 0.05) is 17.4 Å². The Hall–Kier alpha value is -3.21. The summed E-state index contributed by atoms with van der Waals surface area (Å²) in [6, 6.07) is 17.4. The average molecular weight is 351 g/mol. The monoisotopic (exact) mass is 351 g/mol. The van der Waals surface area contributed by atoms with Gasteiger partial charge in [0.25, 0.3) is 0 Å². The van der Waals surface area contributed by atoms with Gasteiger partial charge in [0.15, 0.2) is 11.5 Å². The summed E-state index contributed by atoms with van der Waals surface area (Å²) in [5.74, 6) is 0.908. The lowest BCUT2D eigenvalue weighted by Gasteiger charge is -2.15. The maximum absolute atomic E-state index is 12.2. The van der Waals surface area contributed by atoms with Crippen LogP contribution in [0, 0.1) is 6.92 Å². The quantitative estimate of drug-likeness (QED) is 0.645. The van der Waals surface area contributed by atoms with Gasteiger partial charge in [0.05, 0.1) is 32.6 Å². The highest BCUT2D eigenvalue weighted by Gasteiger charge is 2.20. The van der Waals surface area contributed by atoms with Crippen molar-refractivity contribution >= 4 is 5.97 Å². The molecule has 0 spiro atoms. The van der Waals surface area contributed by atoms with E-state index in [9.17, 15) is 4.79 Å². The molecule has 0 aliphatic heterocycles. The number of hydrogen-bond donors (Lipinski definition) is 0. The Labute approximate surface area is 152 Å². The van der Waals surface area contributed by atoms with Crippen molar-refractivity contribution in [2.45, 2.75) is 6.92 Å². The Morgan fingerprint density at radius 3 is 2.19 bits per heavy atom. The molecule has 134 valence electrons. The number of carbonyl (C=O) groups is 1. The van der Waals surface area contributed by atoms with E-state index >= 15 is 0 Å². The molecular weight excluding hydrogens is 330 g/mol. The highest BCUT2D eigenvalue weighted by molar-refractivity contribution is 5.93. The molecule has 3 rings (SSSR count). The largest absolute Gasteiger partial charge is 0.493 e. The minimum Gasteiger partial charge on any atom is -0.493 e. The molecule has 0 saturated carbocycles. The van der Waals surface area contributed by atoms with Gasteiger partial charge in [0.1, 0.15) is 0 Å². The second kappa shape index (κ2) is 7.35. The lowest BCUT2D eigenvalue weighted by Crippen LogP contribution is -2.05. The summed E-state index contributed by atoms with van der Waals surface area (Å²) in [6.45, 7) is 1.90. The zero-order valence-corrected chi connectivity index (χ0v) is 15.3. The summed E-state index contributed by atoms with van der Waals surface area (Å²) >= 11 is 0. The molecule has 26 heavy (non-hydrogen) atoms. The predicted octanol–water partition coefficient (Wildman–Crippen LogP) is 4.26. The topological polar surface area (TPSA) is 49.7 Å². The second-order valence-corrected chi connectivity index (χ2v) is 5.76. The van der Waals surface area contributed by atoms with Crippen molar-refractivity contribution in [2.24, 2.45) is 0 Å². The highest BCUT2D eigenvalue weighted by atomic mass is 16.5. The molecule has 0 N–H and O–H groups in total. The van der Waals surface area contributed by atoms with E-state index in [0.29, 0.717) is 17.1 Å². The molecule has 3 aromatic rings. The van der Waals surface area contributed by atoms with Crippen molar-refractivity contribution in [1.29, 1.82) is 0 Å². The Morgan fingerprint density at radius 1 is 0.885 bits per heavy atom. The number of benzene rings is 2. The van der Waals surface area contributed by atoms with E-state index in [2.05, 4.69) is 0 Å². The zero-order chi connectivity index (χ0) is 18.7. The summed E-state index contributed by atoms with van der Waals surface area (Å²) in [5.41, 5.74) is 4.09. The minimum atomic E-state index is -0.362. The third-order valence-corrected chi connectivity index (χ3v) is 4.35. The number of aromatic nitrogens is 1. The third-order valence-electron chi connectivity index (χ3n) is 4.35. The molecule has 1 heterocycles. The Bertz CT molecular complexity index is 929. The first kappa shape index (κ1) is 17.6. The maximum Gasteiger partial charge on any atom is 0.339 e. The van der Waals surface area contributed by atoms with E-state index in [-0.39, 0.29) is 5.97 Å². The van der Waals surface area contributed by atoms with E-state index in [4.69, 9.17) is 14.2 Å². The molecule has 0 unspecified atom stereocenters. The average Bonchev–Trinajstić information content (AvgIpc) is 3.04. The van der Waals surface area contributed by atoms with Crippen molar-refractivity contribution in [3.8, 4) is 28.4 Å². The van der Waals surface area contributed by atoms with Gasteiger partial charge in [-0.25, -0.2) is 4.79 Å². The molecule has 5 nitrogen and oxygen atoms in total. The molecular formula is C21H21NO4. The fraction of sp³-hybridized carbons (Fsp3) is 0.190. The van der Waals surface area contributed by atoms with Gasteiger partial charge >= 0.3 is 5.97 Å². The van der Waals surface area contributed by atoms with Crippen LogP contribution in [0.5, 0.6) is 11.5 Å². The molecule has 0 aliphatic carbocycles. The molecule has 1 aromatic heterocycles. The van der Waals surface area contributed by atoms with Gasteiger partial charge in [0.2, 0.25) is 0 Å². The minimum absolute atomic E-state index is 0.362. The van der Waals surface area contributed by atoms with E-state index in [1.165, 1.54) is 7.11 Å². The first-order valence-electron chi connectivity index (χ1n) is 8.19. The van der Waals surface area contributed by atoms with Crippen molar-refractivity contribution in [3.63, 3.8) is 0 Å².